The van der Waals surface area contributed by atoms with Gasteiger partial charge >= 0.3 is 24.1 Å². The summed E-state index contributed by atoms with van der Waals surface area (Å²) in [6.07, 6.45) is 0.162. The summed E-state index contributed by atoms with van der Waals surface area (Å²) in [5.74, 6) is -1.53. The summed E-state index contributed by atoms with van der Waals surface area (Å²) in [5, 5.41) is 0. The lowest BCUT2D eigenvalue weighted by Gasteiger charge is -2.29. The number of hydrogen-bond acceptors (Lipinski definition) is 10. The van der Waals surface area contributed by atoms with Gasteiger partial charge in [0.1, 0.15) is 17.7 Å². The highest BCUT2D eigenvalue weighted by Crippen LogP contribution is 2.32. The molecule has 0 saturated carbocycles. The molecule has 3 atom stereocenters. The quantitative estimate of drug-likeness (QED) is 0.286. The molecule has 0 bridgehead atoms. The van der Waals surface area contributed by atoms with Crippen LogP contribution in [-0.2, 0) is 35.0 Å². The van der Waals surface area contributed by atoms with Crippen molar-refractivity contribution in [2.24, 2.45) is 5.73 Å². The molecule has 0 aromatic heterocycles. The summed E-state index contributed by atoms with van der Waals surface area (Å²) < 4.78 is 26.1. The second-order valence-electron chi connectivity index (χ2n) is 8.77. The molecular formula is C26H39NO9. The molecule has 0 aliphatic heterocycles. The van der Waals surface area contributed by atoms with Crippen LogP contribution >= 0.6 is 0 Å². The van der Waals surface area contributed by atoms with E-state index in [1.807, 2.05) is 20.8 Å². The summed E-state index contributed by atoms with van der Waals surface area (Å²) in [6, 6.07) is 4.59. The van der Waals surface area contributed by atoms with Gasteiger partial charge in [0.05, 0.1) is 7.11 Å². The zero-order chi connectivity index (χ0) is 27.3. The van der Waals surface area contributed by atoms with Crippen LogP contribution in [0.25, 0.3) is 0 Å². The van der Waals surface area contributed by atoms with Gasteiger partial charge in [-0.05, 0) is 50.8 Å². The van der Waals surface area contributed by atoms with Crippen molar-refractivity contribution in [1.82, 2.24) is 0 Å². The van der Waals surface area contributed by atoms with Gasteiger partial charge in [-0.3, -0.25) is 14.4 Å². The van der Waals surface area contributed by atoms with Gasteiger partial charge in [0, 0.05) is 25.7 Å². The maximum absolute atomic E-state index is 12.6. The Hall–Kier alpha value is -3.14. The first kappa shape index (κ1) is 30.9. The van der Waals surface area contributed by atoms with E-state index in [1.54, 1.807) is 19.9 Å². The molecule has 202 valence electrons. The van der Waals surface area contributed by atoms with Crippen molar-refractivity contribution in [3.63, 3.8) is 0 Å². The number of methoxy groups -OCH3 is 1. The molecule has 0 saturated heterocycles. The Bertz CT molecular complexity index is 901. The van der Waals surface area contributed by atoms with E-state index in [1.165, 1.54) is 19.2 Å². The van der Waals surface area contributed by atoms with Crippen molar-refractivity contribution in [3.05, 3.63) is 23.8 Å². The SMILES string of the molecule is CCCC(=O)Oc1ccc(CC(N)(C[C@H](C)OC(=O)O[C@@H](C)CC)C(=O)OC)cc1OC(=O)CCC. The average Bonchev–Trinajstić information content (AvgIpc) is 2.79. The Kier molecular flexibility index (Phi) is 12.9. The molecule has 10 heteroatoms. The summed E-state index contributed by atoms with van der Waals surface area (Å²) in [5.41, 5.74) is 5.39. The van der Waals surface area contributed by atoms with Gasteiger partial charge in [0.25, 0.3) is 0 Å². The fourth-order valence-corrected chi connectivity index (χ4v) is 3.37. The minimum Gasteiger partial charge on any atom is -0.468 e. The molecule has 10 nitrogen and oxygen atoms in total. The topological polar surface area (TPSA) is 140 Å². The molecule has 1 aromatic rings. The van der Waals surface area contributed by atoms with Gasteiger partial charge in [-0.25, -0.2) is 4.79 Å². The molecule has 0 fully saturated rings. The highest BCUT2D eigenvalue weighted by Gasteiger charge is 2.38. The molecule has 1 aromatic carbocycles. The maximum atomic E-state index is 12.6. The predicted octanol–water partition coefficient (Wildman–Crippen LogP) is 4.24. The normalized spacial score (nSPS) is 14.1. The summed E-state index contributed by atoms with van der Waals surface area (Å²) in [4.78, 5) is 48.8. The Morgan fingerprint density at radius 3 is 1.97 bits per heavy atom. The van der Waals surface area contributed by atoms with Crippen LogP contribution in [-0.4, -0.2) is 48.9 Å². The summed E-state index contributed by atoms with van der Waals surface area (Å²) >= 11 is 0. The minimum absolute atomic E-state index is 0.0324. The third kappa shape index (κ3) is 10.2. The molecule has 1 rings (SSSR count). The van der Waals surface area contributed by atoms with Crippen LogP contribution in [0.2, 0.25) is 0 Å². The smallest absolute Gasteiger partial charge is 0.468 e. The van der Waals surface area contributed by atoms with Crippen LogP contribution in [0.4, 0.5) is 4.79 Å². The first-order valence-electron chi connectivity index (χ1n) is 12.3. The van der Waals surface area contributed by atoms with Gasteiger partial charge in [-0.2, -0.15) is 0 Å². The van der Waals surface area contributed by atoms with Crippen LogP contribution in [0, 0.1) is 0 Å². The number of ether oxygens (including phenoxy) is 5. The number of hydrogen-bond donors (Lipinski definition) is 1. The van der Waals surface area contributed by atoms with E-state index < -0.39 is 35.7 Å². The number of nitrogens with two attached hydrogens (primary N) is 1. The van der Waals surface area contributed by atoms with Crippen molar-refractivity contribution < 1.29 is 42.9 Å². The lowest BCUT2D eigenvalue weighted by Crippen LogP contribution is -2.53. The van der Waals surface area contributed by atoms with E-state index in [0.717, 1.165) is 0 Å². The molecule has 0 aliphatic carbocycles. The summed E-state index contributed by atoms with van der Waals surface area (Å²) in [6.45, 7) is 8.88. The third-order valence-corrected chi connectivity index (χ3v) is 5.30. The molecule has 0 heterocycles. The zero-order valence-electron chi connectivity index (χ0n) is 22.1. The Morgan fingerprint density at radius 2 is 1.44 bits per heavy atom. The van der Waals surface area contributed by atoms with Crippen molar-refractivity contribution in [1.29, 1.82) is 0 Å². The number of carbonyl (C=O) groups excluding carboxylic acids is 4. The van der Waals surface area contributed by atoms with E-state index in [2.05, 4.69) is 0 Å². The molecule has 0 aliphatic rings. The van der Waals surface area contributed by atoms with E-state index in [0.29, 0.717) is 24.8 Å². The van der Waals surface area contributed by atoms with Gasteiger partial charge in [0.2, 0.25) is 0 Å². The lowest BCUT2D eigenvalue weighted by molar-refractivity contribution is -0.148. The van der Waals surface area contributed by atoms with Crippen molar-refractivity contribution in [2.45, 2.75) is 97.3 Å². The van der Waals surface area contributed by atoms with Crippen molar-refractivity contribution in [2.75, 3.05) is 7.11 Å². The molecule has 0 spiro atoms. The van der Waals surface area contributed by atoms with E-state index in [9.17, 15) is 19.2 Å². The maximum Gasteiger partial charge on any atom is 0.508 e. The van der Waals surface area contributed by atoms with Gasteiger partial charge in [0.15, 0.2) is 11.5 Å². The highest BCUT2D eigenvalue weighted by atomic mass is 16.7. The first-order valence-corrected chi connectivity index (χ1v) is 12.3. The number of carbonyl (C=O) groups is 4. The third-order valence-electron chi connectivity index (χ3n) is 5.30. The number of benzene rings is 1. The molecule has 0 amide bonds. The molecule has 0 radical (unpaired) electrons. The Labute approximate surface area is 212 Å². The molecule has 36 heavy (non-hydrogen) atoms. The number of esters is 3. The fourth-order valence-electron chi connectivity index (χ4n) is 3.37. The first-order chi connectivity index (χ1) is 17.0. The Morgan fingerprint density at radius 1 is 0.889 bits per heavy atom. The van der Waals surface area contributed by atoms with Crippen LogP contribution < -0.4 is 15.2 Å². The van der Waals surface area contributed by atoms with E-state index in [4.69, 9.17) is 29.4 Å². The van der Waals surface area contributed by atoms with E-state index in [-0.39, 0.29) is 43.3 Å². The monoisotopic (exact) mass is 509 g/mol. The van der Waals surface area contributed by atoms with E-state index >= 15 is 0 Å². The highest BCUT2D eigenvalue weighted by molar-refractivity contribution is 5.81. The Balaban J connectivity index is 3.17. The average molecular weight is 510 g/mol. The second kappa shape index (κ2) is 15.1. The standard InChI is InChI=1S/C26H39NO9/c1-7-10-22(28)35-20-13-12-19(14-21(20)36-23(29)11-8-2)16-26(27,24(30)32-6)15-18(5)34-25(31)33-17(4)9-3/h12-14,17-18H,7-11,15-16,27H2,1-6H3/t17-,18-,26?/m0/s1. The molecule has 1 unspecified atom stereocenters. The zero-order valence-corrected chi connectivity index (χ0v) is 22.1. The second-order valence-corrected chi connectivity index (χ2v) is 8.77. The molecular weight excluding hydrogens is 470 g/mol. The lowest BCUT2D eigenvalue weighted by atomic mass is 9.86. The summed E-state index contributed by atoms with van der Waals surface area (Å²) in [7, 11) is 1.21. The van der Waals surface area contributed by atoms with Crippen LogP contribution in [0.1, 0.15) is 78.7 Å². The van der Waals surface area contributed by atoms with Crippen LogP contribution in [0.15, 0.2) is 18.2 Å². The predicted molar refractivity (Wildman–Crippen MR) is 132 cm³/mol. The van der Waals surface area contributed by atoms with Crippen LogP contribution in [0.3, 0.4) is 0 Å². The number of rotatable bonds is 14. The van der Waals surface area contributed by atoms with Crippen molar-refractivity contribution in [3.8, 4) is 11.5 Å². The van der Waals surface area contributed by atoms with Crippen LogP contribution in [0.5, 0.6) is 11.5 Å². The van der Waals surface area contributed by atoms with Gasteiger partial charge in [-0.15, -0.1) is 0 Å². The minimum atomic E-state index is -1.57. The van der Waals surface area contributed by atoms with Gasteiger partial charge in [-0.1, -0.05) is 26.8 Å². The van der Waals surface area contributed by atoms with Gasteiger partial charge < -0.3 is 29.4 Å². The van der Waals surface area contributed by atoms with Crippen molar-refractivity contribution >= 4 is 24.1 Å². The fraction of sp³-hybridized carbons (Fsp3) is 0.615. The molecule has 2 N–H and O–H groups in total. The largest absolute Gasteiger partial charge is 0.508 e.